The Morgan fingerprint density at radius 3 is 2.53 bits per heavy atom. The first kappa shape index (κ1) is 24.1. The summed E-state index contributed by atoms with van der Waals surface area (Å²) in [5, 5.41) is 3.02. The Hall–Kier alpha value is -3.07. The molecule has 3 aromatic rings. The molecule has 1 aliphatic rings. The molecule has 34 heavy (non-hydrogen) atoms. The predicted octanol–water partition coefficient (Wildman–Crippen LogP) is 4.50. The maximum absolute atomic E-state index is 12.8. The molecule has 0 spiro atoms. The number of nitrogens with one attached hydrogen (secondary N) is 1. The molecule has 1 aliphatic heterocycles. The molecule has 4 rings (SSSR count). The van der Waals surface area contributed by atoms with Crippen LogP contribution in [0.1, 0.15) is 36.8 Å². The van der Waals surface area contributed by atoms with E-state index in [1.54, 1.807) is 12.5 Å². The van der Waals surface area contributed by atoms with E-state index in [1.807, 2.05) is 33.8 Å². The quantitative estimate of drug-likeness (QED) is 0.466. The Kier molecular flexibility index (Phi) is 7.72. The highest BCUT2D eigenvalue weighted by Gasteiger charge is 2.30. The van der Waals surface area contributed by atoms with Gasteiger partial charge in [0.15, 0.2) is 0 Å². The molecule has 9 heteroatoms. The number of halogens is 3. The van der Waals surface area contributed by atoms with E-state index in [-0.39, 0.29) is 5.91 Å². The van der Waals surface area contributed by atoms with Gasteiger partial charge >= 0.3 is 6.18 Å². The van der Waals surface area contributed by atoms with Crippen molar-refractivity contribution in [2.75, 3.05) is 19.6 Å². The molecule has 1 aromatic carbocycles. The molecule has 6 nitrogen and oxygen atoms in total. The SMILES string of the molecule is O=C(CC1CCN(Cc2ccn(-c3ccc(C(F)(F)F)cc3)c2)CC1)NCCCn1ccnc1. The second kappa shape index (κ2) is 10.9. The summed E-state index contributed by atoms with van der Waals surface area (Å²) in [5.74, 6) is 0.527. The fourth-order valence-corrected chi connectivity index (χ4v) is 4.37. The van der Waals surface area contributed by atoms with E-state index in [2.05, 4.69) is 15.2 Å². The Morgan fingerprint density at radius 2 is 1.85 bits per heavy atom. The molecule has 0 bridgehead atoms. The largest absolute Gasteiger partial charge is 0.416 e. The van der Waals surface area contributed by atoms with E-state index in [4.69, 9.17) is 0 Å². The molecule has 0 aliphatic carbocycles. The van der Waals surface area contributed by atoms with E-state index in [0.29, 0.717) is 24.6 Å². The van der Waals surface area contributed by atoms with Gasteiger partial charge < -0.3 is 14.5 Å². The maximum Gasteiger partial charge on any atom is 0.416 e. The van der Waals surface area contributed by atoms with Crippen molar-refractivity contribution in [1.82, 2.24) is 24.3 Å². The van der Waals surface area contributed by atoms with Crippen LogP contribution < -0.4 is 5.32 Å². The van der Waals surface area contributed by atoms with Crippen LogP contribution in [0.15, 0.2) is 61.4 Å². The molecular formula is C25H30F3N5O. The van der Waals surface area contributed by atoms with Crippen molar-refractivity contribution in [1.29, 1.82) is 0 Å². The van der Waals surface area contributed by atoms with Crippen molar-refractivity contribution in [3.8, 4) is 5.69 Å². The predicted molar refractivity (Wildman–Crippen MR) is 123 cm³/mol. The number of amides is 1. The van der Waals surface area contributed by atoms with E-state index in [9.17, 15) is 18.0 Å². The minimum Gasteiger partial charge on any atom is -0.356 e. The van der Waals surface area contributed by atoms with Gasteiger partial charge in [-0.3, -0.25) is 9.69 Å². The molecular weight excluding hydrogens is 443 g/mol. The molecule has 1 N–H and O–H groups in total. The number of aromatic nitrogens is 3. The van der Waals surface area contributed by atoms with E-state index >= 15 is 0 Å². The lowest BCUT2D eigenvalue weighted by Crippen LogP contribution is -2.35. The standard InChI is InChI=1S/C25H30F3N5O/c26-25(27,28)22-2-4-23(5-3-22)33-14-8-21(18-33)17-31-12-6-20(7-13-31)16-24(34)30-9-1-11-32-15-10-29-19-32/h2-5,8,10,14-15,18-20H,1,6-7,9,11-13,16-17H2,(H,30,34). The first-order chi connectivity index (χ1) is 16.4. The van der Waals surface area contributed by atoms with Crippen molar-refractivity contribution in [3.05, 3.63) is 72.6 Å². The molecule has 0 radical (unpaired) electrons. The molecule has 0 unspecified atom stereocenters. The van der Waals surface area contributed by atoms with Crippen molar-refractivity contribution < 1.29 is 18.0 Å². The summed E-state index contributed by atoms with van der Waals surface area (Å²) in [6, 6.07) is 7.19. The van der Waals surface area contributed by atoms with Gasteiger partial charge in [0.1, 0.15) is 0 Å². The van der Waals surface area contributed by atoms with Crippen LogP contribution >= 0.6 is 0 Å². The zero-order chi connectivity index (χ0) is 24.0. The van der Waals surface area contributed by atoms with Crippen LogP contribution in [0.4, 0.5) is 13.2 Å². The molecule has 2 aromatic heterocycles. The lowest BCUT2D eigenvalue weighted by Gasteiger charge is -2.31. The lowest BCUT2D eigenvalue weighted by atomic mass is 9.93. The number of hydrogen-bond donors (Lipinski definition) is 1. The number of hydrogen-bond acceptors (Lipinski definition) is 3. The normalized spacial score (nSPS) is 15.5. The molecule has 182 valence electrons. The van der Waals surface area contributed by atoms with Gasteiger partial charge in [0.05, 0.1) is 11.9 Å². The van der Waals surface area contributed by atoms with Crippen LogP contribution in [0.25, 0.3) is 5.69 Å². The van der Waals surface area contributed by atoms with Gasteiger partial charge in [0.25, 0.3) is 0 Å². The van der Waals surface area contributed by atoms with Crippen LogP contribution in [-0.2, 0) is 24.1 Å². The lowest BCUT2D eigenvalue weighted by molar-refractivity contribution is -0.137. The highest BCUT2D eigenvalue weighted by atomic mass is 19.4. The molecule has 1 amide bonds. The van der Waals surface area contributed by atoms with Gasteiger partial charge in [-0.25, -0.2) is 4.98 Å². The van der Waals surface area contributed by atoms with Gasteiger partial charge in [-0.2, -0.15) is 13.2 Å². The number of nitrogens with zero attached hydrogens (tertiary/aromatic N) is 4. The van der Waals surface area contributed by atoms with Gasteiger partial charge in [-0.15, -0.1) is 0 Å². The van der Waals surface area contributed by atoms with Crippen molar-refractivity contribution >= 4 is 5.91 Å². The summed E-state index contributed by atoms with van der Waals surface area (Å²) >= 11 is 0. The number of aryl methyl sites for hydroxylation is 1. The number of carbonyl (C=O) groups excluding carboxylic acids is 1. The molecule has 3 heterocycles. The van der Waals surface area contributed by atoms with Gasteiger partial charge in [-0.1, -0.05) is 0 Å². The smallest absolute Gasteiger partial charge is 0.356 e. The zero-order valence-electron chi connectivity index (χ0n) is 19.0. The first-order valence-corrected chi connectivity index (χ1v) is 11.7. The summed E-state index contributed by atoms with van der Waals surface area (Å²) in [5.41, 5.74) is 1.18. The van der Waals surface area contributed by atoms with E-state index in [1.165, 1.54) is 12.1 Å². The van der Waals surface area contributed by atoms with Crippen molar-refractivity contribution in [2.45, 2.75) is 44.9 Å². The van der Waals surface area contributed by atoms with E-state index < -0.39 is 11.7 Å². The summed E-state index contributed by atoms with van der Waals surface area (Å²) in [4.78, 5) is 18.6. The zero-order valence-corrected chi connectivity index (χ0v) is 19.0. The van der Waals surface area contributed by atoms with Crippen LogP contribution in [-0.4, -0.2) is 44.6 Å². The number of carbonyl (C=O) groups is 1. The number of likely N-dealkylation sites (tertiary alicyclic amines) is 1. The third-order valence-electron chi connectivity index (χ3n) is 6.31. The van der Waals surface area contributed by atoms with Crippen LogP contribution in [0.2, 0.25) is 0 Å². The summed E-state index contributed by atoms with van der Waals surface area (Å²) in [6.45, 7) is 4.18. The minimum atomic E-state index is -4.33. The number of benzene rings is 1. The maximum atomic E-state index is 12.8. The second-order valence-corrected chi connectivity index (χ2v) is 8.90. The highest BCUT2D eigenvalue weighted by Crippen LogP contribution is 2.29. The van der Waals surface area contributed by atoms with Gasteiger partial charge in [0.2, 0.25) is 5.91 Å². The summed E-state index contributed by atoms with van der Waals surface area (Å²) in [6.07, 6.45) is 8.39. The van der Waals surface area contributed by atoms with Crippen LogP contribution in [0, 0.1) is 5.92 Å². The van der Waals surface area contributed by atoms with Crippen molar-refractivity contribution in [3.63, 3.8) is 0 Å². The van der Waals surface area contributed by atoms with Gasteiger partial charge in [0, 0.05) is 56.5 Å². The molecule has 0 atom stereocenters. The number of imidazole rings is 1. The first-order valence-electron chi connectivity index (χ1n) is 11.7. The molecule has 1 saturated heterocycles. The molecule has 0 saturated carbocycles. The van der Waals surface area contributed by atoms with Crippen LogP contribution in [0.5, 0.6) is 0 Å². The third-order valence-corrected chi connectivity index (χ3v) is 6.31. The Balaban J connectivity index is 1.16. The average Bonchev–Trinajstić information content (AvgIpc) is 3.50. The topological polar surface area (TPSA) is 55.1 Å². The highest BCUT2D eigenvalue weighted by molar-refractivity contribution is 5.76. The monoisotopic (exact) mass is 473 g/mol. The second-order valence-electron chi connectivity index (χ2n) is 8.90. The minimum absolute atomic E-state index is 0.123. The van der Waals surface area contributed by atoms with E-state index in [0.717, 1.165) is 63.1 Å². The summed E-state index contributed by atoms with van der Waals surface area (Å²) < 4.78 is 42.1. The summed E-state index contributed by atoms with van der Waals surface area (Å²) in [7, 11) is 0. The number of piperidine rings is 1. The average molecular weight is 474 g/mol. The Bertz CT molecular complexity index is 1040. The fraction of sp³-hybridized carbons (Fsp3) is 0.440. The third kappa shape index (κ3) is 6.72. The van der Waals surface area contributed by atoms with Crippen molar-refractivity contribution in [2.24, 2.45) is 5.92 Å². The number of alkyl halides is 3. The Labute approximate surface area is 197 Å². The van der Waals surface area contributed by atoms with Gasteiger partial charge in [-0.05, 0) is 74.2 Å². The number of rotatable bonds is 9. The Morgan fingerprint density at radius 1 is 1.09 bits per heavy atom. The molecule has 1 fully saturated rings. The fourth-order valence-electron chi connectivity index (χ4n) is 4.37. The van der Waals surface area contributed by atoms with Crippen LogP contribution in [0.3, 0.4) is 0 Å².